The van der Waals surface area contributed by atoms with Crippen molar-refractivity contribution in [3.05, 3.63) is 0 Å². The van der Waals surface area contributed by atoms with Gasteiger partial charge >= 0.3 is 12.1 Å². The van der Waals surface area contributed by atoms with E-state index in [0.717, 1.165) is 0 Å². The zero-order valence-corrected chi connectivity index (χ0v) is 11.2. The molecule has 7 nitrogen and oxygen atoms in total. The van der Waals surface area contributed by atoms with Gasteiger partial charge in [0, 0.05) is 0 Å². The Kier molecular flexibility index (Phi) is 5.61. The van der Waals surface area contributed by atoms with Crippen molar-refractivity contribution in [3.8, 4) is 0 Å². The Morgan fingerprint density at radius 3 is 1.94 bits per heavy atom. The van der Waals surface area contributed by atoms with Gasteiger partial charge in [0.25, 0.3) is 0 Å². The SMILES string of the molecule is C[C@H](NC(=O)[C@H](C)NC(=O)OC(C)(C)C)C(=O)O. The van der Waals surface area contributed by atoms with Gasteiger partial charge in [0.15, 0.2) is 0 Å². The molecule has 104 valence electrons. The molecule has 0 unspecified atom stereocenters. The minimum Gasteiger partial charge on any atom is -0.480 e. The van der Waals surface area contributed by atoms with Gasteiger partial charge in [0.2, 0.25) is 5.91 Å². The third-order valence-electron chi connectivity index (χ3n) is 1.86. The van der Waals surface area contributed by atoms with E-state index in [1.807, 2.05) is 0 Å². The summed E-state index contributed by atoms with van der Waals surface area (Å²) in [5, 5.41) is 13.2. The van der Waals surface area contributed by atoms with E-state index in [2.05, 4.69) is 10.6 Å². The molecule has 0 saturated carbocycles. The number of nitrogens with one attached hydrogen (secondary N) is 2. The fourth-order valence-electron chi connectivity index (χ4n) is 0.950. The summed E-state index contributed by atoms with van der Waals surface area (Å²) in [6.07, 6.45) is -0.729. The summed E-state index contributed by atoms with van der Waals surface area (Å²) in [5.74, 6) is -1.73. The molecule has 0 heterocycles. The smallest absolute Gasteiger partial charge is 0.408 e. The van der Waals surface area contributed by atoms with Crippen LogP contribution in [0.15, 0.2) is 0 Å². The zero-order valence-electron chi connectivity index (χ0n) is 11.2. The minimum atomic E-state index is -1.15. The molecule has 0 spiro atoms. The van der Waals surface area contributed by atoms with Crippen LogP contribution in [0, 0.1) is 0 Å². The number of ether oxygens (including phenoxy) is 1. The highest BCUT2D eigenvalue weighted by molar-refractivity contribution is 5.88. The van der Waals surface area contributed by atoms with Crippen molar-refractivity contribution in [2.45, 2.75) is 52.3 Å². The first kappa shape index (κ1) is 16.2. The number of alkyl carbamates (subject to hydrolysis) is 1. The minimum absolute atomic E-state index is 0.587. The van der Waals surface area contributed by atoms with Crippen molar-refractivity contribution < 1.29 is 24.2 Å². The number of amides is 2. The van der Waals surface area contributed by atoms with E-state index < -0.39 is 35.7 Å². The number of carbonyl (C=O) groups is 3. The first-order valence-electron chi connectivity index (χ1n) is 5.55. The standard InChI is InChI=1S/C11H20N2O5/c1-6(8(14)12-7(2)9(15)16)13-10(17)18-11(3,4)5/h6-7H,1-5H3,(H,12,14)(H,13,17)(H,15,16)/t6-,7-/m0/s1. The van der Waals surface area contributed by atoms with E-state index in [4.69, 9.17) is 9.84 Å². The molecule has 0 aliphatic heterocycles. The fourth-order valence-corrected chi connectivity index (χ4v) is 0.950. The maximum Gasteiger partial charge on any atom is 0.408 e. The predicted octanol–water partition coefficient (Wildman–Crippen LogP) is 0.489. The highest BCUT2D eigenvalue weighted by atomic mass is 16.6. The number of rotatable bonds is 4. The molecular formula is C11H20N2O5. The molecule has 7 heteroatoms. The van der Waals surface area contributed by atoms with Gasteiger partial charge in [-0.25, -0.2) is 4.79 Å². The van der Waals surface area contributed by atoms with Gasteiger partial charge < -0.3 is 20.5 Å². The summed E-state index contributed by atoms with van der Waals surface area (Å²) in [5.41, 5.74) is -0.658. The third kappa shape index (κ3) is 6.72. The molecule has 0 rings (SSSR count). The Bertz CT molecular complexity index is 335. The second kappa shape index (κ2) is 6.23. The maximum atomic E-state index is 11.5. The van der Waals surface area contributed by atoms with Crippen LogP contribution in [-0.2, 0) is 14.3 Å². The number of hydrogen-bond acceptors (Lipinski definition) is 4. The number of hydrogen-bond donors (Lipinski definition) is 3. The molecule has 18 heavy (non-hydrogen) atoms. The van der Waals surface area contributed by atoms with Gasteiger partial charge in [-0.1, -0.05) is 0 Å². The average molecular weight is 260 g/mol. The van der Waals surface area contributed by atoms with E-state index in [0.29, 0.717) is 0 Å². The van der Waals surface area contributed by atoms with Crippen molar-refractivity contribution in [1.82, 2.24) is 10.6 Å². The monoisotopic (exact) mass is 260 g/mol. The normalized spacial score (nSPS) is 14.3. The van der Waals surface area contributed by atoms with Crippen LogP contribution in [-0.4, -0.2) is 40.8 Å². The number of carboxylic acids is 1. The van der Waals surface area contributed by atoms with E-state index in [-0.39, 0.29) is 0 Å². The van der Waals surface area contributed by atoms with Gasteiger partial charge in [-0.15, -0.1) is 0 Å². The van der Waals surface area contributed by atoms with Crippen LogP contribution in [0.1, 0.15) is 34.6 Å². The van der Waals surface area contributed by atoms with Crippen molar-refractivity contribution in [2.75, 3.05) is 0 Å². The fraction of sp³-hybridized carbons (Fsp3) is 0.727. The first-order chi connectivity index (χ1) is 8.03. The molecule has 0 radical (unpaired) electrons. The lowest BCUT2D eigenvalue weighted by atomic mass is 10.2. The summed E-state index contributed by atoms with van der Waals surface area (Å²) in [7, 11) is 0. The Morgan fingerprint density at radius 1 is 1.06 bits per heavy atom. The predicted molar refractivity (Wildman–Crippen MR) is 64.1 cm³/mol. The zero-order chi connectivity index (χ0) is 14.5. The first-order valence-corrected chi connectivity index (χ1v) is 5.55. The quantitative estimate of drug-likeness (QED) is 0.682. The molecule has 0 aliphatic carbocycles. The lowest BCUT2D eigenvalue weighted by Gasteiger charge is -2.22. The van der Waals surface area contributed by atoms with Crippen LogP contribution in [0.25, 0.3) is 0 Å². The Balaban J connectivity index is 4.24. The van der Waals surface area contributed by atoms with Crippen molar-refractivity contribution in [3.63, 3.8) is 0 Å². The maximum absolute atomic E-state index is 11.5. The topological polar surface area (TPSA) is 105 Å². The van der Waals surface area contributed by atoms with Gasteiger partial charge in [0.1, 0.15) is 17.7 Å². The number of carbonyl (C=O) groups excluding carboxylic acids is 2. The molecule has 0 saturated heterocycles. The molecule has 2 atom stereocenters. The Labute approximate surface area is 106 Å². The van der Waals surface area contributed by atoms with Crippen LogP contribution < -0.4 is 10.6 Å². The summed E-state index contributed by atoms with van der Waals surface area (Å²) >= 11 is 0. The summed E-state index contributed by atoms with van der Waals surface area (Å²) in [6.45, 7) is 7.87. The van der Waals surface area contributed by atoms with Crippen LogP contribution in [0.2, 0.25) is 0 Å². The molecule has 0 aliphatic rings. The summed E-state index contributed by atoms with van der Waals surface area (Å²) in [4.78, 5) is 33.4. The lowest BCUT2D eigenvalue weighted by Crippen LogP contribution is -2.50. The average Bonchev–Trinajstić information content (AvgIpc) is 2.13. The van der Waals surface area contributed by atoms with Gasteiger partial charge in [0.05, 0.1) is 0 Å². The van der Waals surface area contributed by atoms with Crippen LogP contribution in [0.3, 0.4) is 0 Å². The van der Waals surface area contributed by atoms with Crippen LogP contribution in [0.4, 0.5) is 4.79 Å². The van der Waals surface area contributed by atoms with Crippen LogP contribution >= 0.6 is 0 Å². The van der Waals surface area contributed by atoms with E-state index in [1.165, 1.54) is 13.8 Å². The van der Waals surface area contributed by atoms with E-state index >= 15 is 0 Å². The largest absolute Gasteiger partial charge is 0.480 e. The molecule has 0 fully saturated rings. The molecule has 0 aromatic heterocycles. The Morgan fingerprint density at radius 2 is 1.56 bits per heavy atom. The Hall–Kier alpha value is -1.79. The molecule has 2 amide bonds. The van der Waals surface area contributed by atoms with E-state index in [9.17, 15) is 14.4 Å². The summed E-state index contributed by atoms with van der Waals surface area (Å²) in [6, 6.07) is -1.89. The van der Waals surface area contributed by atoms with Crippen molar-refractivity contribution in [1.29, 1.82) is 0 Å². The highest BCUT2D eigenvalue weighted by Crippen LogP contribution is 2.06. The number of aliphatic carboxylic acids is 1. The molecular weight excluding hydrogens is 240 g/mol. The highest BCUT2D eigenvalue weighted by Gasteiger charge is 2.23. The molecule has 0 aromatic carbocycles. The van der Waals surface area contributed by atoms with Gasteiger partial charge in [-0.3, -0.25) is 9.59 Å². The number of carboxylic acid groups (broad SMARTS) is 1. The van der Waals surface area contributed by atoms with Crippen LogP contribution in [0.5, 0.6) is 0 Å². The van der Waals surface area contributed by atoms with Gasteiger partial charge in [-0.2, -0.15) is 0 Å². The molecule has 0 bridgehead atoms. The molecule has 3 N–H and O–H groups in total. The summed E-state index contributed by atoms with van der Waals surface area (Å²) < 4.78 is 4.96. The second-order valence-corrected chi connectivity index (χ2v) is 4.94. The third-order valence-corrected chi connectivity index (χ3v) is 1.86. The van der Waals surface area contributed by atoms with Gasteiger partial charge in [-0.05, 0) is 34.6 Å². The molecule has 0 aromatic rings. The van der Waals surface area contributed by atoms with E-state index in [1.54, 1.807) is 20.8 Å². The second-order valence-electron chi connectivity index (χ2n) is 4.94. The van der Waals surface area contributed by atoms with Crippen molar-refractivity contribution in [2.24, 2.45) is 0 Å². The van der Waals surface area contributed by atoms with Crippen molar-refractivity contribution >= 4 is 18.0 Å². The lowest BCUT2D eigenvalue weighted by molar-refractivity contribution is -0.141.